The average molecular weight is 132 g/mol. The molecular formula is C5H12N2O2. The Hall–Kier alpha value is -0.610. The monoisotopic (exact) mass is 132 g/mol. The molecule has 1 unspecified atom stereocenters. The third-order valence-electron chi connectivity index (χ3n) is 1.10. The zero-order valence-corrected chi connectivity index (χ0v) is 5.42. The van der Waals surface area contributed by atoms with E-state index in [0.29, 0.717) is 13.0 Å². The van der Waals surface area contributed by atoms with Crippen molar-refractivity contribution in [2.24, 2.45) is 5.73 Å². The summed E-state index contributed by atoms with van der Waals surface area (Å²) in [7, 11) is 1.61. The Morgan fingerprint density at radius 1 is 1.89 bits per heavy atom. The topological polar surface area (TPSA) is 75.3 Å². The third kappa shape index (κ3) is 3.05. The summed E-state index contributed by atoms with van der Waals surface area (Å²) in [5, 5.41) is 11.0. The Bertz CT molecular complexity index is 95.0. The molecule has 0 saturated heterocycles. The van der Waals surface area contributed by atoms with Crippen LogP contribution in [0.5, 0.6) is 0 Å². The van der Waals surface area contributed by atoms with Crippen LogP contribution >= 0.6 is 0 Å². The molecule has 0 radical (unpaired) electrons. The van der Waals surface area contributed by atoms with Crippen LogP contribution in [0, 0.1) is 0 Å². The first-order valence-corrected chi connectivity index (χ1v) is 2.82. The molecule has 0 aromatic carbocycles. The molecule has 0 fully saturated rings. The molecule has 0 aliphatic rings. The molecule has 4 heteroatoms. The lowest BCUT2D eigenvalue weighted by atomic mass is 10.2. The summed E-state index contributed by atoms with van der Waals surface area (Å²) in [5.74, 6) is -0.844. The fraction of sp³-hybridized carbons (Fsp3) is 0.800. The lowest BCUT2D eigenvalue weighted by Crippen LogP contribution is -2.35. The normalized spacial score (nSPS) is 13.1. The highest BCUT2D eigenvalue weighted by atomic mass is 16.4. The first-order chi connectivity index (χ1) is 4.22. The molecule has 0 amide bonds. The molecule has 0 aliphatic heterocycles. The molecular weight excluding hydrogens is 120 g/mol. The van der Waals surface area contributed by atoms with Crippen LogP contribution in [-0.2, 0) is 4.79 Å². The molecule has 0 aliphatic carbocycles. The summed E-state index contributed by atoms with van der Waals surface area (Å²) in [5.41, 5.74) is 5.14. The Morgan fingerprint density at radius 2 is 2.44 bits per heavy atom. The molecule has 0 heterocycles. The fourth-order valence-corrected chi connectivity index (χ4v) is 0.558. The van der Waals surface area contributed by atoms with Gasteiger partial charge < -0.3 is 16.2 Å². The quantitative estimate of drug-likeness (QED) is 0.459. The summed E-state index contributed by atoms with van der Waals surface area (Å²) in [6.45, 7) is 0.401. The predicted molar refractivity (Wildman–Crippen MR) is 34.2 cm³/mol. The highest BCUT2D eigenvalue weighted by molar-refractivity contribution is 5.73. The number of hydrogen-bond donors (Lipinski definition) is 3. The van der Waals surface area contributed by atoms with E-state index in [9.17, 15) is 4.79 Å². The maximum absolute atomic E-state index is 10.2. The highest BCUT2D eigenvalue weighted by Crippen LogP contribution is 1.86. The van der Waals surface area contributed by atoms with Crippen molar-refractivity contribution in [1.29, 1.82) is 0 Å². The minimum atomic E-state index is -0.844. The standard InChI is InChI=1S/C5H12N2O2/c1-7-4(2-3-6)5(8)9/h4,7H,2-3,6H2,1H3,(H,8,9). The van der Waals surface area contributed by atoms with Gasteiger partial charge in [-0.05, 0) is 20.0 Å². The minimum absolute atomic E-state index is 0.401. The average Bonchev–Trinajstić information content (AvgIpc) is 1.82. The third-order valence-corrected chi connectivity index (χ3v) is 1.10. The lowest BCUT2D eigenvalue weighted by Gasteiger charge is -2.07. The SMILES string of the molecule is CNC(CCN)C(=O)O. The second-order valence-electron chi connectivity index (χ2n) is 1.76. The zero-order valence-electron chi connectivity index (χ0n) is 5.42. The van der Waals surface area contributed by atoms with Crippen LogP contribution in [0.25, 0.3) is 0 Å². The van der Waals surface area contributed by atoms with Gasteiger partial charge in [0.25, 0.3) is 0 Å². The molecule has 0 bridgehead atoms. The van der Waals surface area contributed by atoms with Crippen molar-refractivity contribution in [1.82, 2.24) is 5.32 Å². The molecule has 0 rings (SSSR count). The second kappa shape index (κ2) is 4.29. The van der Waals surface area contributed by atoms with Gasteiger partial charge in [0.05, 0.1) is 0 Å². The number of rotatable bonds is 4. The molecule has 4 nitrogen and oxygen atoms in total. The zero-order chi connectivity index (χ0) is 7.28. The van der Waals surface area contributed by atoms with E-state index in [2.05, 4.69) is 5.32 Å². The van der Waals surface area contributed by atoms with Crippen LogP contribution in [0.4, 0.5) is 0 Å². The summed E-state index contributed by atoms with van der Waals surface area (Å²) in [4.78, 5) is 10.2. The van der Waals surface area contributed by atoms with Crippen LogP contribution in [0.2, 0.25) is 0 Å². The first-order valence-electron chi connectivity index (χ1n) is 2.82. The number of aliphatic carboxylic acids is 1. The van der Waals surface area contributed by atoms with Gasteiger partial charge in [-0.2, -0.15) is 0 Å². The van der Waals surface area contributed by atoms with Crippen LogP contribution in [0.15, 0.2) is 0 Å². The van der Waals surface area contributed by atoms with Gasteiger partial charge in [0, 0.05) is 0 Å². The van der Waals surface area contributed by atoms with E-state index < -0.39 is 12.0 Å². The van der Waals surface area contributed by atoms with Gasteiger partial charge in [0.2, 0.25) is 0 Å². The summed E-state index contributed by atoms with van der Waals surface area (Å²) < 4.78 is 0. The number of carboxylic acids is 1. The Balaban J connectivity index is 3.54. The van der Waals surface area contributed by atoms with E-state index >= 15 is 0 Å². The molecule has 54 valence electrons. The van der Waals surface area contributed by atoms with E-state index in [4.69, 9.17) is 10.8 Å². The first kappa shape index (κ1) is 8.39. The van der Waals surface area contributed by atoms with Crippen LogP contribution in [0.3, 0.4) is 0 Å². The molecule has 4 N–H and O–H groups in total. The van der Waals surface area contributed by atoms with Gasteiger partial charge in [-0.3, -0.25) is 4.79 Å². The molecule has 0 aromatic rings. The molecule has 0 aromatic heterocycles. The number of carboxylic acid groups (broad SMARTS) is 1. The largest absolute Gasteiger partial charge is 0.480 e. The summed E-state index contributed by atoms with van der Waals surface area (Å²) >= 11 is 0. The van der Waals surface area contributed by atoms with E-state index in [0.717, 1.165) is 0 Å². The van der Waals surface area contributed by atoms with Crippen molar-refractivity contribution >= 4 is 5.97 Å². The van der Waals surface area contributed by atoms with Crippen LogP contribution < -0.4 is 11.1 Å². The minimum Gasteiger partial charge on any atom is -0.480 e. The van der Waals surface area contributed by atoms with Gasteiger partial charge in [-0.25, -0.2) is 0 Å². The smallest absolute Gasteiger partial charge is 0.320 e. The summed E-state index contributed by atoms with van der Waals surface area (Å²) in [6, 6.07) is -0.491. The number of likely N-dealkylation sites (N-methyl/N-ethyl adjacent to an activating group) is 1. The van der Waals surface area contributed by atoms with Gasteiger partial charge in [0.15, 0.2) is 0 Å². The van der Waals surface area contributed by atoms with Crippen LogP contribution in [-0.4, -0.2) is 30.7 Å². The van der Waals surface area contributed by atoms with Crippen LogP contribution in [0.1, 0.15) is 6.42 Å². The maximum atomic E-state index is 10.2. The molecule has 0 spiro atoms. The van der Waals surface area contributed by atoms with Gasteiger partial charge in [-0.1, -0.05) is 0 Å². The number of nitrogens with two attached hydrogens (primary N) is 1. The van der Waals surface area contributed by atoms with Gasteiger partial charge in [0.1, 0.15) is 6.04 Å². The molecule has 0 saturated carbocycles. The van der Waals surface area contributed by atoms with E-state index in [1.807, 2.05) is 0 Å². The Labute approximate surface area is 54.0 Å². The highest BCUT2D eigenvalue weighted by Gasteiger charge is 2.11. The van der Waals surface area contributed by atoms with E-state index in [-0.39, 0.29) is 0 Å². The number of nitrogens with one attached hydrogen (secondary N) is 1. The molecule has 9 heavy (non-hydrogen) atoms. The molecule has 1 atom stereocenters. The Morgan fingerprint density at radius 3 is 2.56 bits per heavy atom. The van der Waals surface area contributed by atoms with Gasteiger partial charge >= 0.3 is 5.97 Å². The van der Waals surface area contributed by atoms with Crippen molar-refractivity contribution in [3.63, 3.8) is 0 Å². The Kier molecular flexibility index (Phi) is 4.00. The van der Waals surface area contributed by atoms with Crippen molar-refractivity contribution in [3.8, 4) is 0 Å². The number of carbonyl (C=O) groups is 1. The van der Waals surface area contributed by atoms with E-state index in [1.165, 1.54) is 0 Å². The maximum Gasteiger partial charge on any atom is 0.320 e. The van der Waals surface area contributed by atoms with Crippen molar-refractivity contribution in [2.45, 2.75) is 12.5 Å². The van der Waals surface area contributed by atoms with Crippen molar-refractivity contribution < 1.29 is 9.90 Å². The lowest BCUT2D eigenvalue weighted by molar-refractivity contribution is -0.139. The van der Waals surface area contributed by atoms with Crippen molar-refractivity contribution in [3.05, 3.63) is 0 Å². The summed E-state index contributed by atoms with van der Waals surface area (Å²) in [6.07, 6.45) is 0.478. The van der Waals surface area contributed by atoms with Gasteiger partial charge in [-0.15, -0.1) is 0 Å². The fourth-order valence-electron chi connectivity index (χ4n) is 0.558. The predicted octanol–water partition coefficient (Wildman–Crippen LogP) is -0.992. The van der Waals surface area contributed by atoms with Crippen molar-refractivity contribution in [2.75, 3.05) is 13.6 Å². The van der Waals surface area contributed by atoms with E-state index in [1.54, 1.807) is 7.05 Å². The number of hydrogen-bond acceptors (Lipinski definition) is 3. The second-order valence-corrected chi connectivity index (χ2v) is 1.76.